The number of aromatic hydroxyl groups is 1. The van der Waals surface area contributed by atoms with Gasteiger partial charge in [-0.05, 0) is 57.7 Å². The van der Waals surface area contributed by atoms with Crippen LogP contribution in [0.4, 0.5) is 0 Å². The van der Waals surface area contributed by atoms with Crippen LogP contribution in [-0.4, -0.2) is 35.0 Å². The first-order chi connectivity index (χ1) is 16.7. The number of methoxy groups -OCH3 is 1. The maximum Gasteiger partial charge on any atom is 0.354 e. The van der Waals surface area contributed by atoms with Crippen LogP contribution in [0.5, 0.6) is 5.75 Å². The number of ether oxygens (including phenoxy) is 1. The van der Waals surface area contributed by atoms with Crippen LogP contribution < -0.4 is 10.6 Å². The summed E-state index contributed by atoms with van der Waals surface area (Å²) in [5.74, 6) is -1.26. The van der Waals surface area contributed by atoms with Gasteiger partial charge in [-0.15, -0.1) is 11.3 Å². The molecule has 0 fully saturated rings. The number of esters is 1. The van der Waals surface area contributed by atoms with Crippen LogP contribution in [0.15, 0.2) is 58.0 Å². The largest absolute Gasteiger partial charge is 0.508 e. The van der Waals surface area contributed by atoms with E-state index in [2.05, 4.69) is 31.5 Å². The molecule has 182 valence electrons. The predicted molar refractivity (Wildman–Crippen MR) is 137 cm³/mol. The fourth-order valence-corrected chi connectivity index (χ4v) is 4.46. The number of rotatable bonds is 8. The molecular formula is C25H24BrN3O5S. The Balaban J connectivity index is 1.73. The summed E-state index contributed by atoms with van der Waals surface area (Å²) in [4.78, 5) is 42.1. The van der Waals surface area contributed by atoms with E-state index in [1.807, 2.05) is 19.2 Å². The second-order valence-electron chi connectivity index (χ2n) is 7.82. The molecule has 35 heavy (non-hydrogen) atoms. The minimum absolute atomic E-state index is 0.0537. The fraction of sp³-hybridized carbons (Fsp3) is 0.200. The van der Waals surface area contributed by atoms with Gasteiger partial charge in [-0.3, -0.25) is 9.59 Å². The molecule has 8 nitrogen and oxygen atoms in total. The number of phenols is 1. The Morgan fingerprint density at radius 3 is 2.57 bits per heavy atom. The number of benzene rings is 2. The molecule has 0 aliphatic heterocycles. The monoisotopic (exact) mass is 557 g/mol. The van der Waals surface area contributed by atoms with Crippen LogP contribution in [0.1, 0.15) is 56.7 Å². The zero-order valence-corrected chi connectivity index (χ0v) is 21.7. The number of halogens is 1. The van der Waals surface area contributed by atoms with E-state index in [1.165, 1.54) is 42.7 Å². The van der Waals surface area contributed by atoms with E-state index < -0.39 is 11.9 Å². The first-order valence-corrected chi connectivity index (χ1v) is 12.3. The average Bonchev–Trinajstić information content (AvgIpc) is 3.30. The lowest BCUT2D eigenvalue weighted by Gasteiger charge is -2.11. The van der Waals surface area contributed by atoms with Gasteiger partial charge in [-0.1, -0.05) is 26.0 Å². The van der Waals surface area contributed by atoms with Crippen molar-refractivity contribution >= 4 is 51.1 Å². The van der Waals surface area contributed by atoms with Gasteiger partial charge >= 0.3 is 5.97 Å². The molecule has 0 bridgehead atoms. The van der Waals surface area contributed by atoms with E-state index in [-0.39, 0.29) is 35.4 Å². The van der Waals surface area contributed by atoms with Gasteiger partial charge in [0.2, 0.25) is 0 Å². The number of nitrogens with zero attached hydrogens (tertiary/aromatic N) is 1. The third-order valence-electron chi connectivity index (χ3n) is 4.89. The number of aromatic nitrogens is 1. The lowest BCUT2D eigenvalue weighted by Crippen LogP contribution is -2.28. The van der Waals surface area contributed by atoms with Gasteiger partial charge in [0.1, 0.15) is 16.5 Å². The third kappa shape index (κ3) is 7.00. The number of hydrogen-bond acceptors (Lipinski definition) is 7. The molecule has 0 radical (unpaired) electrons. The van der Waals surface area contributed by atoms with Crippen molar-refractivity contribution in [1.29, 1.82) is 0 Å². The molecular weight excluding hydrogens is 534 g/mol. The first-order valence-electron chi connectivity index (χ1n) is 10.6. The Morgan fingerprint density at radius 2 is 1.94 bits per heavy atom. The van der Waals surface area contributed by atoms with E-state index in [0.717, 1.165) is 11.3 Å². The molecule has 0 spiro atoms. The lowest BCUT2D eigenvalue weighted by atomic mass is 10.1. The van der Waals surface area contributed by atoms with Crippen molar-refractivity contribution in [2.24, 2.45) is 0 Å². The summed E-state index contributed by atoms with van der Waals surface area (Å²) in [6.07, 6.45) is 1.47. The number of amides is 2. The van der Waals surface area contributed by atoms with E-state index in [1.54, 1.807) is 24.3 Å². The highest BCUT2D eigenvalue weighted by molar-refractivity contribution is 9.10. The van der Waals surface area contributed by atoms with Gasteiger partial charge in [0, 0.05) is 28.0 Å². The van der Waals surface area contributed by atoms with Crippen LogP contribution in [0, 0.1) is 0 Å². The van der Waals surface area contributed by atoms with Crippen molar-refractivity contribution in [3.05, 3.63) is 85.4 Å². The molecule has 3 N–H and O–H groups in total. The molecule has 0 atom stereocenters. The highest BCUT2D eigenvalue weighted by Crippen LogP contribution is 2.22. The third-order valence-corrected chi connectivity index (χ3v) is 6.36. The standard InChI is InChI=1S/C25H24BrN3O5S/c1-14(2)21-13-35-22(28-21)11-20(25(33)34-3)29-24(32)18-8-7-16(10-19(18)26)23(31)27-12-15-5-4-6-17(30)9-15/h4-11,13-14,30H,12H2,1-3H3,(H,27,31)(H,29,32)/b20-11-. The topological polar surface area (TPSA) is 118 Å². The summed E-state index contributed by atoms with van der Waals surface area (Å²) < 4.78 is 5.18. The molecule has 1 heterocycles. The minimum atomic E-state index is -0.710. The average molecular weight is 558 g/mol. The van der Waals surface area contributed by atoms with Gasteiger partial charge in [-0.25, -0.2) is 9.78 Å². The Bertz CT molecular complexity index is 1290. The molecule has 0 saturated carbocycles. The summed E-state index contributed by atoms with van der Waals surface area (Å²) in [5.41, 5.74) is 2.14. The number of thiazole rings is 1. The normalized spacial score (nSPS) is 11.3. The van der Waals surface area contributed by atoms with Crippen molar-refractivity contribution in [3.8, 4) is 5.75 Å². The van der Waals surface area contributed by atoms with Gasteiger partial charge in [-0.2, -0.15) is 0 Å². The summed E-state index contributed by atoms with van der Waals surface area (Å²) in [7, 11) is 1.23. The zero-order valence-electron chi connectivity index (χ0n) is 19.3. The number of carbonyl (C=O) groups excluding carboxylic acids is 3. The quantitative estimate of drug-likeness (QED) is 0.275. The maximum absolute atomic E-state index is 12.9. The molecule has 0 aliphatic rings. The Kier molecular flexibility index (Phi) is 8.78. The minimum Gasteiger partial charge on any atom is -0.508 e. The number of nitrogens with one attached hydrogen (secondary N) is 2. The summed E-state index contributed by atoms with van der Waals surface area (Å²) in [5, 5.41) is 17.3. The van der Waals surface area contributed by atoms with E-state index in [0.29, 0.717) is 15.0 Å². The fourth-order valence-electron chi connectivity index (χ4n) is 2.99. The van der Waals surface area contributed by atoms with Crippen LogP contribution >= 0.6 is 27.3 Å². The SMILES string of the molecule is COC(=O)/C(=C/c1nc(C(C)C)cs1)NC(=O)c1ccc(C(=O)NCc2cccc(O)c2)cc1Br. The Labute approximate surface area is 215 Å². The predicted octanol–water partition coefficient (Wildman–Crippen LogP) is 4.61. The summed E-state index contributed by atoms with van der Waals surface area (Å²) >= 11 is 4.69. The molecule has 3 rings (SSSR count). The van der Waals surface area contributed by atoms with Crippen LogP contribution in [0.25, 0.3) is 6.08 Å². The first kappa shape index (κ1) is 26.1. The number of phenolic OH excluding ortho intramolecular Hbond substituents is 1. The Morgan fingerprint density at radius 1 is 1.17 bits per heavy atom. The summed E-state index contributed by atoms with van der Waals surface area (Å²) in [6.45, 7) is 4.26. The van der Waals surface area contributed by atoms with Crippen molar-refractivity contribution in [2.45, 2.75) is 26.3 Å². The number of hydrogen-bond donors (Lipinski definition) is 3. The van der Waals surface area contributed by atoms with Crippen molar-refractivity contribution in [3.63, 3.8) is 0 Å². The maximum atomic E-state index is 12.9. The van der Waals surface area contributed by atoms with Gasteiger partial charge in [0.15, 0.2) is 0 Å². The second kappa shape index (κ2) is 11.8. The van der Waals surface area contributed by atoms with Crippen molar-refractivity contribution < 1.29 is 24.2 Å². The smallest absolute Gasteiger partial charge is 0.354 e. The number of carbonyl (C=O) groups is 3. The molecule has 0 aliphatic carbocycles. The second-order valence-corrected chi connectivity index (χ2v) is 9.56. The highest BCUT2D eigenvalue weighted by Gasteiger charge is 2.19. The van der Waals surface area contributed by atoms with Gasteiger partial charge in [0.25, 0.3) is 11.8 Å². The highest BCUT2D eigenvalue weighted by atomic mass is 79.9. The molecule has 1 aromatic heterocycles. The van der Waals surface area contributed by atoms with Crippen molar-refractivity contribution in [1.82, 2.24) is 15.6 Å². The van der Waals surface area contributed by atoms with E-state index in [9.17, 15) is 19.5 Å². The lowest BCUT2D eigenvalue weighted by molar-refractivity contribution is -0.136. The van der Waals surface area contributed by atoms with Crippen LogP contribution in [0.2, 0.25) is 0 Å². The van der Waals surface area contributed by atoms with Gasteiger partial charge in [0.05, 0.1) is 18.4 Å². The molecule has 0 unspecified atom stereocenters. The zero-order chi connectivity index (χ0) is 25.5. The molecule has 3 aromatic rings. The van der Waals surface area contributed by atoms with Crippen LogP contribution in [-0.2, 0) is 16.1 Å². The van der Waals surface area contributed by atoms with Gasteiger partial charge < -0.3 is 20.5 Å². The van der Waals surface area contributed by atoms with E-state index >= 15 is 0 Å². The molecule has 2 aromatic carbocycles. The molecule has 10 heteroatoms. The summed E-state index contributed by atoms with van der Waals surface area (Å²) in [6, 6.07) is 11.1. The van der Waals surface area contributed by atoms with E-state index in [4.69, 9.17) is 4.74 Å². The molecule has 2 amide bonds. The molecule has 0 saturated heterocycles. The van der Waals surface area contributed by atoms with Crippen LogP contribution in [0.3, 0.4) is 0 Å². The van der Waals surface area contributed by atoms with Crippen molar-refractivity contribution in [2.75, 3.05) is 7.11 Å². The Hall–Kier alpha value is -3.50.